The van der Waals surface area contributed by atoms with Crippen molar-refractivity contribution in [3.63, 3.8) is 0 Å². The standard InChI is InChI=1S/C22H23N3O2/c1-15-6-5-8-16(10-15)19-12-23-22(24-19)18-11-21(26)25(14-18)13-17-7-3-4-9-20(17)27-2/h3-10,12,18H,11,13-14H2,1-2H3,(H,23,24)/t18-/m1/s1. The number of methoxy groups -OCH3 is 1. The van der Waals surface area contributed by atoms with Gasteiger partial charge < -0.3 is 14.6 Å². The number of ether oxygens (including phenoxy) is 1. The van der Waals surface area contributed by atoms with E-state index < -0.39 is 0 Å². The molecule has 1 fully saturated rings. The zero-order chi connectivity index (χ0) is 18.8. The Hall–Kier alpha value is -3.08. The number of benzene rings is 2. The molecule has 27 heavy (non-hydrogen) atoms. The van der Waals surface area contributed by atoms with Gasteiger partial charge in [0.15, 0.2) is 0 Å². The number of aryl methyl sites for hydroxylation is 1. The average molecular weight is 361 g/mol. The number of hydrogen-bond acceptors (Lipinski definition) is 3. The lowest BCUT2D eigenvalue weighted by Crippen LogP contribution is -2.24. The van der Waals surface area contributed by atoms with Crippen LogP contribution in [-0.2, 0) is 11.3 Å². The summed E-state index contributed by atoms with van der Waals surface area (Å²) < 4.78 is 5.41. The molecule has 1 aromatic heterocycles. The summed E-state index contributed by atoms with van der Waals surface area (Å²) in [5.41, 5.74) is 4.34. The molecule has 0 unspecified atom stereocenters. The fourth-order valence-corrected chi connectivity index (χ4v) is 3.65. The molecule has 1 N–H and O–H groups in total. The first-order valence-electron chi connectivity index (χ1n) is 9.15. The summed E-state index contributed by atoms with van der Waals surface area (Å²) in [5.74, 6) is 1.93. The third-order valence-electron chi connectivity index (χ3n) is 5.08. The van der Waals surface area contributed by atoms with Gasteiger partial charge in [0.2, 0.25) is 5.91 Å². The third kappa shape index (κ3) is 3.58. The van der Waals surface area contributed by atoms with E-state index in [0.29, 0.717) is 19.5 Å². The average Bonchev–Trinajstić information content (AvgIpc) is 3.30. The molecule has 5 heteroatoms. The van der Waals surface area contributed by atoms with Crippen LogP contribution in [0.1, 0.15) is 29.3 Å². The normalized spacial score (nSPS) is 16.7. The van der Waals surface area contributed by atoms with Gasteiger partial charge in [0.25, 0.3) is 0 Å². The van der Waals surface area contributed by atoms with E-state index in [1.165, 1.54) is 5.56 Å². The highest BCUT2D eigenvalue weighted by atomic mass is 16.5. The number of carbonyl (C=O) groups excluding carboxylic acids is 1. The van der Waals surface area contributed by atoms with Crippen LogP contribution in [0.25, 0.3) is 11.3 Å². The maximum atomic E-state index is 12.5. The van der Waals surface area contributed by atoms with Crippen LogP contribution in [0.4, 0.5) is 0 Å². The van der Waals surface area contributed by atoms with Crippen LogP contribution in [0.15, 0.2) is 54.7 Å². The first-order valence-corrected chi connectivity index (χ1v) is 9.15. The van der Waals surface area contributed by atoms with Crippen LogP contribution >= 0.6 is 0 Å². The molecular weight excluding hydrogens is 338 g/mol. The molecular formula is C22H23N3O2. The molecule has 138 valence electrons. The molecule has 0 spiro atoms. The summed E-state index contributed by atoms with van der Waals surface area (Å²) in [6.07, 6.45) is 2.34. The van der Waals surface area contributed by atoms with Gasteiger partial charge in [-0.2, -0.15) is 0 Å². The molecule has 2 heterocycles. The first-order chi connectivity index (χ1) is 13.1. The van der Waals surface area contributed by atoms with E-state index in [1.54, 1.807) is 7.11 Å². The van der Waals surface area contributed by atoms with Crippen molar-refractivity contribution in [1.29, 1.82) is 0 Å². The molecule has 1 aliphatic rings. The fourth-order valence-electron chi connectivity index (χ4n) is 3.65. The van der Waals surface area contributed by atoms with Crippen LogP contribution < -0.4 is 4.74 Å². The number of nitrogens with zero attached hydrogens (tertiary/aromatic N) is 2. The van der Waals surface area contributed by atoms with Crippen molar-refractivity contribution in [2.45, 2.75) is 25.8 Å². The molecule has 0 bridgehead atoms. The Bertz CT molecular complexity index is 963. The number of nitrogens with one attached hydrogen (secondary N) is 1. The highest BCUT2D eigenvalue weighted by Crippen LogP contribution is 2.30. The number of amides is 1. The van der Waals surface area contributed by atoms with Gasteiger partial charge in [-0.25, -0.2) is 4.98 Å². The molecule has 5 nitrogen and oxygen atoms in total. The van der Waals surface area contributed by atoms with E-state index in [1.807, 2.05) is 41.4 Å². The lowest BCUT2D eigenvalue weighted by molar-refractivity contribution is -0.128. The van der Waals surface area contributed by atoms with E-state index in [4.69, 9.17) is 4.74 Å². The number of rotatable bonds is 5. The number of carbonyl (C=O) groups is 1. The number of imidazole rings is 1. The van der Waals surface area contributed by atoms with Gasteiger partial charge >= 0.3 is 0 Å². The predicted molar refractivity (Wildman–Crippen MR) is 105 cm³/mol. The number of aromatic amines is 1. The molecule has 1 aliphatic heterocycles. The van der Waals surface area contributed by atoms with Crippen molar-refractivity contribution >= 4 is 5.91 Å². The Kier molecular flexibility index (Phi) is 4.67. The van der Waals surface area contributed by atoms with Crippen LogP contribution in [0.3, 0.4) is 0 Å². The van der Waals surface area contributed by atoms with Gasteiger partial charge in [0.05, 0.1) is 19.0 Å². The van der Waals surface area contributed by atoms with Gasteiger partial charge in [0.1, 0.15) is 11.6 Å². The lowest BCUT2D eigenvalue weighted by Gasteiger charge is -2.18. The first kappa shape index (κ1) is 17.3. The zero-order valence-corrected chi connectivity index (χ0v) is 15.6. The molecule has 1 atom stereocenters. The van der Waals surface area contributed by atoms with Gasteiger partial charge in [-0.15, -0.1) is 0 Å². The van der Waals surface area contributed by atoms with Crippen molar-refractivity contribution in [1.82, 2.24) is 14.9 Å². The summed E-state index contributed by atoms with van der Waals surface area (Å²) >= 11 is 0. The third-order valence-corrected chi connectivity index (χ3v) is 5.08. The number of H-pyrrole nitrogens is 1. The second-order valence-corrected chi connectivity index (χ2v) is 7.04. The molecule has 4 rings (SSSR count). The summed E-state index contributed by atoms with van der Waals surface area (Å²) in [6, 6.07) is 16.1. The monoisotopic (exact) mass is 361 g/mol. The fraction of sp³-hybridized carbons (Fsp3) is 0.273. The minimum absolute atomic E-state index is 0.0887. The van der Waals surface area contributed by atoms with Crippen LogP contribution in [0, 0.1) is 6.92 Å². The Morgan fingerprint density at radius 3 is 2.89 bits per heavy atom. The molecule has 1 saturated heterocycles. The Morgan fingerprint density at radius 1 is 1.22 bits per heavy atom. The molecule has 2 aromatic carbocycles. The van der Waals surface area contributed by atoms with E-state index in [9.17, 15) is 4.79 Å². The second-order valence-electron chi connectivity index (χ2n) is 7.04. The van der Waals surface area contributed by atoms with E-state index in [0.717, 1.165) is 28.4 Å². The highest BCUT2D eigenvalue weighted by molar-refractivity contribution is 5.79. The number of aromatic nitrogens is 2. The minimum Gasteiger partial charge on any atom is -0.496 e. The highest BCUT2D eigenvalue weighted by Gasteiger charge is 2.32. The maximum Gasteiger partial charge on any atom is 0.223 e. The Morgan fingerprint density at radius 2 is 2.07 bits per heavy atom. The van der Waals surface area contributed by atoms with Gasteiger partial charge in [-0.05, 0) is 24.6 Å². The van der Waals surface area contributed by atoms with E-state index >= 15 is 0 Å². The SMILES string of the molecule is COc1ccccc1CN1C[C@H](c2ncc(-c3cccc(C)c3)[nH]2)CC1=O. The number of likely N-dealkylation sites (tertiary alicyclic amines) is 1. The smallest absolute Gasteiger partial charge is 0.223 e. The molecule has 0 aliphatic carbocycles. The minimum atomic E-state index is 0.0887. The molecule has 1 amide bonds. The maximum absolute atomic E-state index is 12.5. The summed E-state index contributed by atoms with van der Waals surface area (Å²) in [4.78, 5) is 22.4. The number of hydrogen-bond donors (Lipinski definition) is 1. The topological polar surface area (TPSA) is 58.2 Å². The molecule has 0 radical (unpaired) electrons. The largest absolute Gasteiger partial charge is 0.496 e. The summed E-state index contributed by atoms with van der Waals surface area (Å²) in [7, 11) is 1.66. The van der Waals surface area contributed by atoms with Crippen LogP contribution in [0.5, 0.6) is 5.75 Å². The summed E-state index contributed by atoms with van der Waals surface area (Å²) in [6.45, 7) is 3.30. The Labute approximate surface area is 159 Å². The second kappa shape index (κ2) is 7.27. The summed E-state index contributed by atoms with van der Waals surface area (Å²) in [5, 5.41) is 0. The van der Waals surface area contributed by atoms with Crippen molar-refractivity contribution in [3.05, 3.63) is 71.7 Å². The van der Waals surface area contributed by atoms with Gasteiger partial charge in [-0.1, -0.05) is 42.0 Å². The van der Waals surface area contributed by atoms with E-state index in [-0.39, 0.29) is 11.8 Å². The van der Waals surface area contributed by atoms with Crippen molar-refractivity contribution in [2.75, 3.05) is 13.7 Å². The van der Waals surface area contributed by atoms with Crippen molar-refractivity contribution in [2.24, 2.45) is 0 Å². The quantitative estimate of drug-likeness (QED) is 0.750. The molecule has 3 aromatic rings. The van der Waals surface area contributed by atoms with E-state index in [2.05, 4.69) is 35.1 Å². The molecule has 0 saturated carbocycles. The number of para-hydroxylation sites is 1. The van der Waals surface area contributed by atoms with Crippen molar-refractivity contribution < 1.29 is 9.53 Å². The lowest BCUT2D eigenvalue weighted by atomic mass is 10.1. The van der Waals surface area contributed by atoms with Crippen LogP contribution in [0.2, 0.25) is 0 Å². The van der Waals surface area contributed by atoms with Gasteiger partial charge in [0, 0.05) is 31.0 Å². The van der Waals surface area contributed by atoms with Crippen molar-refractivity contribution in [3.8, 4) is 17.0 Å². The van der Waals surface area contributed by atoms with Crippen LogP contribution in [-0.4, -0.2) is 34.4 Å². The predicted octanol–water partition coefficient (Wildman–Crippen LogP) is 3.91. The zero-order valence-electron chi connectivity index (χ0n) is 15.6. The Balaban J connectivity index is 1.49. The van der Waals surface area contributed by atoms with Gasteiger partial charge in [-0.3, -0.25) is 4.79 Å².